The lowest BCUT2D eigenvalue weighted by molar-refractivity contribution is -0.167. The van der Waals surface area contributed by atoms with Crippen LogP contribution in [0.1, 0.15) is 38.1 Å². The molecule has 0 radical (unpaired) electrons. The predicted octanol–water partition coefficient (Wildman–Crippen LogP) is 3.93. The van der Waals surface area contributed by atoms with E-state index in [2.05, 4.69) is 5.32 Å². The molecule has 0 spiro atoms. The highest BCUT2D eigenvalue weighted by Gasteiger charge is 2.38. The van der Waals surface area contributed by atoms with Crippen LogP contribution in [0.25, 0.3) is 0 Å². The molecule has 0 aliphatic rings. The number of nitrogens with two attached hydrogens (primary N) is 1. The maximum absolute atomic E-state index is 12.9. The summed E-state index contributed by atoms with van der Waals surface area (Å²) in [7, 11) is 0. The first-order chi connectivity index (χ1) is 16.1. The van der Waals surface area contributed by atoms with Gasteiger partial charge in [0.25, 0.3) is 5.91 Å². The largest absolute Gasteiger partial charge is 0.471 e. The molecule has 0 bridgehead atoms. The minimum absolute atomic E-state index is 0.00448. The van der Waals surface area contributed by atoms with Crippen LogP contribution >= 0.6 is 0 Å². The molecule has 0 saturated heterocycles. The van der Waals surface area contributed by atoms with E-state index in [0.717, 1.165) is 5.56 Å². The van der Waals surface area contributed by atoms with Crippen LogP contribution in [-0.4, -0.2) is 23.9 Å². The minimum atomic E-state index is -5.06. The molecule has 0 fully saturated rings. The van der Waals surface area contributed by atoms with Crippen LogP contribution in [0.4, 0.5) is 18.9 Å². The molecule has 7 nitrogen and oxygen atoms in total. The van der Waals surface area contributed by atoms with Gasteiger partial charge < -0.3 is 21.1 Å². The number of carbonyl (C=O) groups excluding carboxylic acids is 3. The number of hydrogen-bond donors (Lipinski definition) is 3. The Labute approximate surface area is 192 Å². The van der Waals surface area contributed by atoms with E-state index in [-0.39, 0.29) is 29.0 Å². The van der Waals surface area contributed by atoms with Gasteiger partial charge in [-0.3, -0.25) is 14.4 Å². The molecule has 0 aromatic heterocycles. The first kappa shape index (κ1) is 24.5. The second-order valence-corrected chi connectivity index (χ2v) is 7.14. The van der Waals surface area contributed by atoms with Crippen molar-refractivity contribution < 1.29 is 32.3 Å². The van der Waals surface area contributed by atoms with Crippen molar-refractivity contribution in [3.63, 3.8) is 0 Å². The first-order valence-corrected chi connectivity index (χ1v) is 9.98. The Morgan fingerprint density at radius 1 is 0.882 bits per heavy atom. The SMILES string of the molecule is NC(=O)c1ccccc1C(=O)NC(OCc1ccccc1)c1cccc(NC(=O)C(F)(F)F)c1. The van der Waals surface area contributed by atoms with Gasteiger partial charge in [0.15, 0.2) is 6.23 Å². The number of primary amides is 1. The normalized spacial score (nSPS) is 12.0. The van der Waals surface area contributed by atoms with Gasteiger partial charge in [-0.15, -0.1) is 0 Å². The molecule has 0 heterocycles. The van der Waals surface area contributed by atoms with Crippen molar-refractivity contribution in [2.45, 2.75) is 19.0 Å². The number of nitrogens with one attached hydrogen (secondary N) is 2. The lowest BCUT2D eigenvalue weighted by atomic mass is 10.1. The highest BCUT2D eigenvalue weighted by atomic mass is 19.4. The van der Waals surface area contributed by atoms with Crippen molar-refractivity contribution in [1.82, 2.24) is 5.32 Å². The lowest BCUT2D eigenvalue weighted by Gasteiger charge is -2.21. The second kappa shape index (κ2) is 10.6. The molecule has 0 aliphatic heterocycles. The molecular weight excluding hydrogens is 451 g/mol. The average Bonchev–Trinajstić information content (AvgIpc) is 2.81. The smallest absolute Gasteiger partial charge is 0.366 e. The zero-order valence-corrected chi connectivity index (χ0v) is 17.6. The summed E-state index contributed by atoms with van der Waals surface area (Å²) in [4.78, 5) is 36.0. The standard InChI is InChI=1S/C24H20F3N3O4/c25-24(26,27)23(33)29-17-10-6-9-16(13-17)22(34-14-15-7-2-1-3-8-15)30-21(32)19-12-5-4-11-18(19)20(28)31/h1-13,22H,14H2,(H2,28,31)(H,29,33)(H,30,32). The molecule has 3 rings (SSSR count). The lowest BCUT2D eigenvalue weighted by Crippen LogP contribution is -2.32. The Hall–Kier alpha value is -4.18. The Kier molecular flexibility index (Phi) is 7.64. The summed E-state index contributed by atoms with van der Waals surface area (Å²) >= 11 is 0. The molecule has 10 heteroatoms. The zero-order valence-electron chi connectivity index (χ0n) is 17.6. The van der Waals surface area contributed by atoms with E-state index in [4.69, 9.17) is 10.5 Å². The zero-order chi connectivity index (χ0) is 24.7. The van der Waals surface area contributed by atoms with Gasteiger partial charge in [-0.25, -0.2) is 0 Å². The quantitative estimate of drug-likeness (QED) is 0.433. The van der Waals surface area contributed by atoms with Crippen LogP contribution in [0.5, 0.6) is 0 Å². The molecule has 0 saturated carbocycles. The van der Waals surface area contributed by atoms with Gasteiger partial charge in [0.05, 0.1) is 17.7 Å². The van der Waals surface area contributed by atoms with Crippen LogP contribution < -0.4 is 16.4 Å². The minimum Gasteiger partial charge on any atom is -0.366 e. The number of halogens is 3. The number of ether oxygens (including phenoxy) is 1. The number of carbonyl (C=O) groups is 3. The van der Waals surface area contributed by atoms with E-state index in [0.29, 0.717) is 0 Å². The fraction of sp³-hybridized carbons (Fsp3) is 0.125. The molecule has 1 unspecified atom stereocenters. The third-order valence-electron chi connectivity index (χ3n) is 4.66. The van der Waals surface area contributed by atoms with Crippen LogP contribution in [0.2, 0.25) is 0 Å². The molecule has 0 aliphatic carbocycles. The monoisotopic (exact) mass is 471 g/mol. The number of anilines is 1. The van der Waals surface area contributed by atoms with Crippen molar-refractivity contribution in [3.8, 4) is 0 Å². The molecule has 4 N–H and O–H groups in total. The summed E-state index contributed by atoms with van der Waals surface area (Å²) in [5, 5.41) is 4.39. The van der Waals surface area contributed by atoms with Crippen molar-refractivity contribution >= 4 is 23.4 Å². The van der Waals surface area contributed by atoms with Crippen molar-refractivity contribution in [3.05, 3.63) is 101 Å². The number of amides is 3. The summed E-state index contributed by atoms with van der Waals surface area (Å²) in [6, 6.07) is 20.3. The Morgan fingerprint density at radius 2 is 1.53 bits per heavy atom. The first-order valence-electron chi connectivity index (χ1n) is 9.98. The van der Waals surface area contributed by atoms with Crippen molar-refractivity contribution in [2.75, 3.05) is 5.32 Å². The summed E-state index contributed by atoms with van der Waals surface area (Å²) in [5.41, 5.74) is 6.25. The van der Waals surface area contributed by atoms with Crippen LogP contribution in [0.15, 0.2) is 78.9 Å². The van der Waals surface area contributed by atoms with E-state index in [9.17, 15) is 27.6 Å². The molecule has 1 atom stereocenters. The number of benzene rings is 3. The molecule has 3 aromatic carbocycles. The molecule has 3 amide bonds. The molecule has 34 heavy (non-hydrogen) atoms. The maximum atomic E-state index is 12.9. The van der Waals surface area contributed by atoms with Gasteiger partial charge >= 0.3 is 12.1 Å². The Bertz CT molecular complexity index is 1180. The molecular formula is C24H20F3N3O4. The van der Waals surface area contributed by atoms with Gasteiger partial charge in [-0.1, -0.05) is 54.6 Å². The fourth-order valence-corrected chi connectivity index (χ4v) is 3.05. The van der Waals surface area contributed by atoms with Gasteiger partial charge in [-0.2, -0.15) is 13.2 Å². The van der Waals surface area contributed by atoms with E-state index in [1.54, 1.807) is 41.7 Å². The third-order valence-corrected chi connectivity index (χ3v) is 4.66. The van der Waals surface area contributed by atoms with Gasteiger partial charge in [0.1, 0.15) is 0 Å². The van der Waals surface area contributed by atoms with E-state index in [1.165, 1.54) is 36.4 Å². The van der Waals surface area contributed by atoms with E-state index >= 15 is 0 Å². The summed E-state index contributed by atoms with van der Waals surface area (Å²) in [5.74, 6) is -3.62. The van der Waals surface area contributed by atoms with Gasteiger partial charge in [-0.05, 0) is 29.8 Å². The Morgan fingerprint density at radius 3 is 2.18 bits per heavy atom. The number of alkyl halides is 3. The summed E-state index contributed by atoms with van der Waals surface area (Å²) in [6.45, 7) is 0.0579. The van der Waals surface area contributed by atoms with Crippen molar-refractivity contribution in [1.29, 1.82) is 0 Å². The van der Waals surface area contributed by atoms with Crippen LogP contribution in [0.3, 0.4) is 0 Å². The van der Waals surface area contributed by atoms with Crippen molar-refractivity contribution in [2.24, 2.45) is 5.73 Å². The third kappa shape index (κ3) is 6.42. The summed E-state index contributed by atoms with van der Waals surface area (Å²) in [6.07, 6.45) is -6.19. The molecule has 176 valence electrons. The van der Waals surface area contributed by atoms with E-state index < -0.39 is 30.1 Å². The Balaban J connectivity index is 1.88. The summed E-state index contributed by atoms with van der Waals surface area (Å²) < 4.78 is 43.8. The number of hydrogen-bond acceptors (Lipinski definition) is 4. The predicted molar refractivity (Wildman–Crippen MR) is 118 cm³/mol. The highest BCUT2D eigenvalue weighted by molar-refractivity contribution is 6.06. The average molecular weight is 471 g/mol. The van der Waals surface area contributed by atoms with Crippen LogP contribution in [0, 0.1) is 0 Å². The maximum Gasteiger partial charge on any atom is 0.471 e. The second-order valence-electron chi connectivity index (χ2n) is 7.14. The highest BCUT2D eigenvalue weighted by Crippen LogP contribution is 2.24. The van der Waals surface area contributed by atoms with Crippen LogP contribution in [-0.2, 0) is 16.1 Å². The van der Waals surface area contributed by atoms with Gasteiger partial charge in [0, 0.05) is 11.3 Å². The molecule has 3 aromatic rings. The fourth-order valence-electron chi connectivity index (χ4n) is 3.05. The topological polar surface area (TPSA) is 111 Å². The van der Waals surface area contributed by atoms with Gasteiger partial charge in [0.2, 0.25) is 5.91 Å². The van der Waals surface area contributed by atoms with E-state index in [1.807, 2.05) is 6.07 Å². The number of rotatable bonds is 8.